The molecule has 0 unspecified atom stereocenters. The van der Waals surface area contributed by atoms with Crippen LogP contribution in [0, 0.1) is 6.92 Å². The van der Waals surface area contributed by atoms with Gasteiger partial charge in [0.15, 0.2) is 0 Å². The predicted octanol–water partition coefficient (Wildman–Crippen LogP) is 0.832. The summed E-state index contributed by atoms with van der Waals surface area (Å²) in [4.78, 5) is 6.19. The number of benzene rings is 1. The summed E-state index contributed by atoms with van der Waals surface area (Å²) in [5.41, 5.74) is 2.08. The number of nitrogens with zero attached hydrogens (tertiary/aromatic N) is 3. The molecule has 2 N–H and O–H groups in total. The Labute approximate surface area is 117 Å². The highest BCUT2D eigenvalue weighted by Crippen LogP contribution is 2.16. The van der Waals surface area contributed by atoms with Gasteiger partial charge in [0.25, 0.3) is 0 Å². The van der Waals surface area contributed by atoms with Gasteiger partial charge < -0.3 is 14.7 Å². The van der Waals surface area contributed by atoms with E-state index in [9.17, 15) is 0 Å². The molecule has 0 bridgehead atoms. The molecule has 0 spiro atoms. The van der Waals surface area contributed by atoms with Crippen LogP contribution in [-0.4, -0.2) is 51.6 Å². The second-order valence-corrected chi connectivity index (χ2v) is 4.60. The number of aliphatic hydroxyl groups is 2. The smallest absolute Gasteiger partial charge is 0.241 e. The summed E-state index contributed by atoms with van der Waals surface area (Å²) in [5, 5.41) is 21.9. The summed E-state index contributed by atoms with van der Waals surface area (Å²) in [6, 6.07) is 7.89. The highest BCUT2D eigenvalue weighted by molar-refractivity contribution is 5.54. The zero-order chi connectivity index (χ0) is 14.4. The van der Waals surface area contributed by atoms with E-state index in [-0.39, 0.29) is 13.2 Å². The van der Waals surface area contributed by atoms with Crippen LogP contribution < -0.4 is 0 Å². The van der Waals surface area contributed by atoms with Crippen molar-refractivity contribution in [1.82, 2.24) is 15.0 Å². The van der Waals surface area contributed by atoms with Crippen LogP contribution in [0.3, 0.4) is 0 Å². The average molecular weight is 277 g/mol. The van der Waals surface area contributed by atoms with Crippen molar-refractivity contribution in [2.24, 2.45) is 0 Å². The molecule has 0 fully saturated rings. The van der Waals surface area contributed by atoms with Crippen LogP contribution >= 0.6 is 0 Å². The van der Waals surface area contributed by atoms with Crippen LogP contribution in [0.2, 0.25) is 0 Å². The summed E-state index contributed by atoms with van der Waals surface area (Å²) in [6.07, 6.45) is 0. The quantitative estimate of drug-likeness (QED) is 0.780. The highest BCUT2D eigenvalue weighted by Gasteiger charge is 2.12. The molecule has 2 rings (SSSR count). The van der Waals surface area contributed by atoms with Gasteiger partial charge in [-0.25, -0.2) is 0 Å². The third kappa shape index (κ3) is 3.86. The fourth-order valence-electron chi connectivity index (χ4n) is 1.88. The first-order valence-corrected chi connectivity index (χ1v) is 6.56. The molecule has 0 aliphatic rings. The minimum atomic E-state index is 0.0267. The second-order valence-electron chi connectivity index (χ2n) is 4.60. The van der Waals surface area contributed by atoms with E-state index >= 15 is 0 Å². The number of aliphatic hydroxyl groups excluding tert-OH is 2. The predicted molar refractivity (Wildman–Crippen MR) is 73.9 cm³/mol. The summed E-state index contributed by atoms with van der Waals surface area (Å²) in [7, 11) is 0. The average Bonchev–Trinajstić information content (AvgIpc) is 2.89. The van der Waals surface area contributed by atoms with E-state index in [0.717, 1.165) is 5.56 Å². The first-order valence-electron chi connectivity index (χ1n) is 6.56. The Bertz CT molecular complexity index is 519. The van der Waals surface area contributed by atoms with Crippen molar-refractivity contribution in [3.8, 4) is 11.4 Å². The van der Waals surface area contributed by atoms with Gasteiger partial charge in [-0.05, 0) is 6.92 Å². The summed E-state index contributed by atoms with van der Waals surface area (Å²) < 4.78 is 5.21. The molecular weight excluding hydrogens is 258 g/mol. The molecule has 1 aromatic carbocycles. The number of hydrogen-bond donors (Lipinski definition) is 2. The molecule has 0 atom stereocenters. The molecule has 0 amide bonds. The molecule has 0 radical (unpaired) electrons. The van der Waals surface area contributed by atoms with E-state index in [1.54, 1.807) is 0 Å². The van der Waals surface area contributed by atoms with Gasteiger partial charge in [0.05, 0.1) is 19.8 Å². The normalized spacial score (nSPS) is 11.2. The van der Waals surface area contributed by atoms with E-state index in [1.807, 2.05) is 36.1 Å². The first kappa shape index (κ1) is 14.6. The Morgan fingerprint density at radius 2 is 1.75 bits per heavy atom. The third-order valence-electron chi connectivity index (χ3n) is 2.97. The molecule has 2 aromatic rings. The van der Waals surface area contributed by atoms with Crippen LogP contribution in [0.4, 0.5) is 0 Å². The van der Waals surface area contributed by atoms with Crippen molar-refractivity contribution in [2.45, 2.75) is 13.5 Å². The van der Waals surface area contributed by atoms with Gasteiger partial charge in [0, 0.05) is 18.7 Å². The van der Waals surface area contributed by atoms with E-state index in [2.05, 4.69) is 10.1 Å². The molecule has 0 aliphatic carbocycles. The van der Waals surface area contributed by atoms with Gasteiger partial charge in [-0.15, -0.1) is 0 Å². The van der Waals surface area contributed by atoms with Gasteiger partial charge in [-0.3, -0.25) is 4.90 Å². The molecule has 1 heterocycles. The fourth-order valence-corrected chi connectivity index (χ4v) is 1.88. The van der Waals surface area contributed by atoms with Gasteiger partial charge >= 0.3 is 0 Å². The molecule has 0 saturated heterocycles. The molecule has 0 saturated carbocycles. The lowest BCUT2D eigenvalue weighted by Gasteiger charge is -2.17. The minimum absolute atomic E-state index is 0.0267. The maximum atomic E-state index is 8.96. The van der Waals surface area contributed by atoms with E-state index in [0.29, 0.717) is 31.3 Å². The SMILES string of the molecule is Cc1ccc(-c2noc(CN(CCO)CCO)n2)cc1. The highest BCUT2D eigenvalue weighted by atomic mass is 16.5. The fraction of sp³-hybridized carbons (Fsp3) is 0.429. The molecule has 6 heteroatoms. The van der Waals surface area contributed by atoms with Crippen molar-refractivity contribution >= 4 is 0 Å². The number of rotatable bonds is 7. The van der Waals surface area contributed by atoms with Gasteiger partial charge in [0.2, 0.25) is 11.7 Å². The van der Waals surface area contributed by atoms with Crippen LogP contribution in [0.1, 0.15) is 11.5 Å². The molecule has 6 nitrogen and oxygen atoms in total. The largest absolute Gasteiger partial charge is 0.395 e. The van der Waals surface area contributed by atoms with Crippen molar-refractivity contribution in [2.75, 3.05) is 26.3 Å². The monoisotopic (exact) mass is 277 g/mol. The van der Waals surface area contributed by atoms with Crippen LogP contribution in [0.5, 0.6) is 0 Å². The standard InChI is InChI=1S/C14H19N3O3/c1-11-2-4-12(5-3-11)14-15-13(20-16-14)10-17(6-8-18)7-9-19/h2-5,18-19H,6-10H2,1H3. The summed E-state index contributed by atoms with van der Waals surface area (Å²) in [5.74, 6) is 1.02. The molecule has 1 aromatic heterocycles. The Morgan fingerprint density at radius 1 is 1.10 bits per heavy atom. The van der Waals surface area contributed by atoms with E-state index < -0.39 is 0 Å². The Balaban J connectivity index is 2.06. The first-order chi connectivity index (χ1) is 9.72. The lowest BCUT2D eigenvalue weighted by atomic mass is 10.1. The zero-order valence-electron chi connectivity index (χ0n) is 11.5. The van der Waals surface area contributed by atoms with Crippen molar-refractivity contribution < 1.29 is 14.7 Å². The Hall–Kier alpha value is -1.76. The minimum Gasteiger partial charge on any atom is -0.395 e. The number of hydrogen-bond acceptors (Lipinski definition) is 6. The second kappa shape index (κ2) is 7.14. The maximum Gasteiger partial charge on any atom is 0.241 e. The van der Waals surface area contributed by atoms with Crippen LogP contribution in [0.25, 0.3) is 11.4 Å². The van der Waals surface area contributed by atoms with Crippen LogP contribution in [-0.2, 0) is 6.54 Å². The molecule has 20 heavy (non-hydrogen) atoms. The van der Waals surface area contributed by atoms with Crippen molar-refractivity contribution in [1.29, 1.82) is 0 Å². The molecule has 0 aliphatic heterocycles. The third-order valence-corrected chi connectivity index (χ3v) is 2.97. The summed E-state index contributed by atoms with van der Waals surface area (Å²) in [6.45, 7) is 3.41. The van der Waals surface area contributed by atoms with Crippen molar-refractivity contribution in [3.05, 3.63) is 35.7 Å². The lowest BCUT2D eigenvalue weighted by Crippen LogP contribution is -2.29. The van der Waals surface area contributed by atoms with Crippen LogP contribution in [0.15, 0.2) is 28.8 Å². The number of aryl methyl sites for hydroxylation is 1. The molecular formula is C14H19N3O3. The van der Waals surface area contributed by atoms with E-state index in [1.165, 1.54) is 5.56 Å². The lowest BCUT2D eigenvalue weighted by molar-refractivity contribution is 0.143. The van der Waals surface area contributed by atoms with Crippen molar-refractivity contribution in [3.63, 3.8) is 0 Å². The maximum absolute atomic E-state index is 8.96. The molecule has 108 valence electrons. The Kier molecular flexibility index (Phi) is 5.23. The van der Waals surface area contributed by atoms with E-state index in [4.69, 9.17) is 14.7 Å². The van der Waals surface area contributed by atoms with Gasteiger partial charge in [-0.1, -0.05) is 35.0 Å². The topological polar surface area (TPSA) is 82.6 Å². The van der Waals surface area contributed by atoms with Gasteiger partial charge in [-0.2, -0.15) is 4.98 Å². The Morgan fingerprint density at radius 3 is 2.35 bits per heavy atom. The summed E-state index contributed by atoms with van der Waals surface area (Å²) >= 11 is 0. The number of aromatic nitrogens is 2. The van der Waals surface area contributed by atoms with Gasteiger partial charge in [0.1, 0.15) is 0 Å². The zero-order valence-corrected chi connectivity index (χ0v) is 11.5.